The van der Waals surface area contributed by atoms with E-state index in [0.717, 1.165) is 43.5 Å². The number of carbonyl (C=O) groups excluding carboxylic acids is 2. The van der Waals surface area contributed by atoms with Gasteiger partial charge < -0.3 is 14.3 Å². The van der Waals surface area contributed by atoms with E-state index in [9.17, 15) is 9.59 Å². The number of unbranched alkanes of at least 4 members (excludes halogenated alkanes) is 3. The lowest BCUT2D eigenvalue weighted by molar-refractivity contribution is -0.140. The molecular weight excluding hydrogens is 252 g/mol. The van der Waals surface area contributed by atoms with Gasteiger partial charge in [0.05, 0.1) is 7.11 Å². The van der Waals surface area contributed by atoms with Crippen LogP contribution in [0.25, 0.3) is 0 Å². The molecule has 0 fully saturated rings. The number of hydrogen-bond donors (Lipinski definition) is 0. The third-order valence-electron chi connectivity index (χ3n) is 2.01. The molecular formula is C13H26O4S. The molecule has 18 heavy (non-hydrogen) atoms. The molecule has 0 N–H and O–H groups in total. The minimum atomic E-state index is -0.119. The van der Waals surface area contributed by atoms with Crippen LogP contribution >= 0.6 is 11.8 Å². The van der Waals surface area contributed by atoms with Gasteiger partial charge in [0.2, 0.25) is 0 Å². The monoisotopic (exact) mass is 278 g/mol. The number of carbonyl (C=O) groups is 2. The minimum Gasteiger partial charge on any atom is -0.469 e. The van der Waals surface area contributed by atoms with Crippen LogP contribution in [0.1, 0.15) is 38.5 Å². The van der Waals surface area contributed by atoms with Crippen molar-refractivity contribution < 1.29 is 19.1 Å². The smallest absolute Gasteiger partial charge is 0.305 e. The summed E-state index contributed by atoms with van der Waals surface area (Å²) < 4.78 is 8.79. The van der Waals surface area contributed by atoms with E-state index in [1.165, 1.54) is 7.11 Å². The number of ether oxygens (including phenoxy) is 2. The highest BCUT2D eigenvalue weighted by Gasteiger charge is 1.98. The van der Waals surface area contributed by atoms with Gasteiger partial charge in [-0.05, 0) is 37.2 Å². The van der Waals surface area contributed by atoms with Crippen molar-refractivity contribution in [3.05, 3.63) is 0 Å². The minimum absolute atomic E-state index is 0.119. The van der Waals surface area contributed by atoms with Crippen LogP contribution in [-0.4, -0.2) is 45.1 Å². The maximum absolute atomic E-state index is 10.8. The Kier molecular flexibility index (Phi) is 20.7. The summed E-state index contributed by atoms with van der Waals surface area (Å²) in [4.78, 5) is 20.8. The fourth-order valence-electron chi connectivity index (χ4n) is 1.11. The standard InChI is InChI=1S/C11H20O3S.C2H6O/c1-14-11(13)7-3-6-10-15-9-5-2-4-8-12;1-3-2/h8H,2-7,9-10H2,1H3;1-2H3. The van der Waals surface area contributed by atoms with Crippen LogP contribution in [0.4, 0.5) is 0 Å². The maximum Gasteiger partial charge on any atom is 0.305 e. The van der Waals surface area contributed by atoms with Gasteiger partial charge in [-0.25, -0.2) is 0 Å². The Hall–Kier alpha value is -0.550. The highest BCUT2D eigenvalue weighted by atomic mass is 32.2. The van der Waals surface area contributed by atoms with Crippen molar-refractivity contribution in [3.63, 3.8) is 0 Å². The summed E-state index contributed by atoms with van der Waals surface area (Å²) in [5.74, 6) is 2.09. The number of hydrogen-bond acceptors (Lipinski definition) is 5. The first kappa shape index (κ1) is 19.8. The first-order valence-corrected chi connectivity index (χ1v) is 7.36. The van der Waals surface area contributed by atoms with Crippen molar-refractivity contribution in [1.29, 1.82) is 0 Å². The molecule has 0 unspecified atom stereocenters. The Morgan fingerprint density at radius 3 is 2.11 bits per heavy atom. The van der Waals surface area contributed by atoms with E-state index in [0.29, 0.717) is 12.8 Å². The molecule has 0 aliphatic carbocycles. The molecule has 0 heterocycles. The summed E-state index contributed by atoms with van der Waals surface area (Å²) in [5.41, 5.74) is 0. The fourth-order valence-corrected chi connectivity index (χ4v) is 2.13. The van der Waals surface area contributed by atoms with Crippen molar-refractivity contribution in [1.82, 2.24) is 0 Å². The zero-order valence-corrected chi connectivity index (χ0v) is 12.6. The first-order chi connectivity index (χ1) is 8.72. The van der Waals surface area contributed by atoms with Crippen LogP contribution in [0.5, 0.6) is 0 Å². The molecule has 0 aromatic rings. The predicted octanol–water partition coefficient (Wildman–Crippen LogP) is 2.69. The Morgan fingerprint density at radius 1 is 1.06 bits per heavy atom. The van der Waals surface area contributed by atoms with Gasteiger partial charge in [0.15, 0.2) is 0 Å². The van der Waals surface area contributed by atoms with Crippen molar-refractivity contribution >= 4 is 24.0 Å². The van der Waals surface area contributed by atoms with Gasteiger partial charge >= 0.3 is 5.97 Å². The molecule has 0 aromatic carbocycles. The number of thioether (sulfide) groups is 1. The molecule has 4 nitrogen and oxygen atoms in total. The summed E-state index contributed by atoms with van der Waals surface area (Å²) in [6.07, 6.45) is 6.27. The normalized spacial score (nSPS) is 9.28. The largest absolute Gasteiger partial charge is 0.469 e. The van der Waals surface area contributed by atoms with Gasteiger partial charge in [0.1, 0.15) is 6.29 Å². The molecule has 0 rings (SSSR count). The van der Waals surface area contributed by atoms with Gasteiger partial charge in [-0.3, -0.25) is 4.79 Å². The molecule has 5 heteroatoms. The fraction of sp³-hybridized carbons (Fsp3) is 0.846. The second-order valence-corrected chi connectivity index (χ2v) is 4.94. The lowest BCUT2D eigenvalue weighted by atomic mass is 10.2. The van der Waals surface area contributed by atoms with E-state index in [-0.39, 0.29) is 5.97 Å². The molecule has 0 saturated carbocycles. The Labute approximate surface area is 115 Å². The van der Waals surface area contributed by atoms with E-state index in [1.807, 2.05) is 11.8 Å². The molecule has 0 saturated heterocycles. The number of aldehydes is 1. The third-order valence-corrected chi connectivity index (χ3v) is 3.16. The summed E-state index contributed by atoms with van der Waals surface area (Å²) in [6, 6.07) is 0. The van der Waals surface area contributed by atoms with Crippen LogP contribution in [-0.2, 0) is 19.1 Å². The highest BCUT2D eigenvalue weighted by Crippen LogP contribution is 2.09. The molecule has 0 aromatic heterocycles. The van der Waals surface area contributed by atoms with E-state index >= 15 is 0 Å². The molecule has 0 amide bonds. The average molecular weight is 278 g/mol. The van der Waals surface area contributed by atoms with Crippen molar-refractivity contribution in [2.75, 3.05) is 32.8 Å². The molecule has 0 aliphatic rings. The second kappa shape index (κ2) is 18.8. The first-order valence-electron chi connectivity index (χ1n) is 6.21. The Bertz CT molecular complexity index is 186. The van der Waals surface area contributed by atoms with Gasteiger partial charge in [-0.2, -0.15) is 11.8 Å². The van der Waals surface area contributed by atoms with Crippen LogP contribution < -0.4 is 0 Å². The molecule has 0 radical (unpaired) electrons. The number of rotatable bonds is 10. The Balaban J connectivity index is 0. The highest BCUT2D eigenvalue weighted by molar-refractivity contribution is 7.99. The summed E-state index contributed by atoms with van der Waals surface area (Å²) >= 11 is 1.89. The average Bonchev–Trinajstić information content (AvgIpc) is 2.37. The molecule has 0 bridgehead atoms. The number of methoxy groups -OCH3 is 2. The van der Waals surface area contributed by atoms with Gasteiger partial charge in [0.25, 0.3) is 0 Å². The van der Waals surface area contributed by atoms with Crippen molar-refractivity contribution in [2.45, 2.75) is 38.5 Å². The molecule has 0 aliphatic heterocycles. The van der Waals surface area contributed by atoms with E-state index < -0.39 is 0 Å². The molecule has 0 spiro atoms. The predicted molar refractivity (Wildman–Crippen MR) is 76.0 cm³/mol. The zero-order valence-electron chi connectivity index (χ0n) is 11.8. The van der Waals surface area contributed by atoms with Crippen LogP contribution in [0.15, 0.2) is 0 Å². The lowest BCUT2D eigenvalue weighted by Crippen LogP contribution is -1.99. The van der Waals surface area contributed by atoms with Crippen molar-refractivity contribution in [2.24, 2.45) is 0 Å². The van der Waals surface area contributed by atoms with E-state index in [2.05, 4.69) is 9.47 Å². The third kappa shape index (κ3) is 20.8. The summed E-state index contributed by atoms with van der Waals surface area (Å²) in [7, 11) is 4.67. The maximum atomic E-state index is 10.8. The summed E-state index contributed by atoms with van der Waals surface area (Å²) in [6.45, 7) is 0. The van der Waals surface area contributed by atoms with Gasteiger partial charge in [0, 0.05) is 27.1 Å². The van der Waals surface area contributed by atoms with E-state index in [1.54, 1.807) is 14.2 Å². The quantitative estimate of drug-likeness (QED) is 0.349. The SMILES string of the molecule is COC.COC(=O)CCCCSCCCCC=O. The summed E-state index contributed by atoms with van der Waals surface area (Å²) in [5, 5.41) is 0. The molecule has 108 valence electrons. The molecule has 0 atom stereocenters. The van der Waals surface area contributed by atoms with Crippen LogP contribution in [0.3, 0.4) is 0 Å². The topological polar surface area (TPSA) is 52.6 Å². The zero-order chi connectivity index (χ0) is 14.1. The van der Waals surface area contributed by atoms with E-state index in [4.69, 9.17) is 0 Å². The van der Waals surface area contributed by atoms with Crippen LogP contribution in [0.2, 0.25) is 0 Å². The van der Waals surface area contributed by atoms with Gasteiger partial charge in [-0.15, -0.1) is 0 Å². The van der Waals surface area contributed by atoms with Gasteiger partial charge in [-0.1, -0.05) is 0 Å². The number of esters is 1. The van der Waals surface area contributed by atoms with Crippen LogP contribution in [0, 0.1) is 0 Å². The Morgan fingerprint density at radius 2 is 1.61 bits per heavy atom. The lowest BCUT2D eigenvalue weighted by Gasteiger charge is -2.00. The second-order valence-electron chi connectivity index (χ2n) is 3.72. The van der Waals surface area contributed by atoms with Crippen molar-refractivity contribution in [3.8, 4) is 0 Å².